The number of hydrogen-bond donors (Lipinski definition) is 1. The van der Waals surface area contributed by atoms with Crippen LogP contribution in [-0.2, 0) is 0 Å². The first-order chi connectivity index (χ1) is 15.2. The van der Waals surface area contributed by atoms with Crippen molar-refractivity contribution >= 4 is 34.1 Å². The smallest absolute Gasteiger partial charge is 0.211 e. The van der Waals surface area contributed by atoms with Crippen molar-refractivity contribution in [3.05, 3.63) is 88.4 Å². The number of hydrogen-bond acceptors (Lipinski definition) is 5. The Labute approximate surface area is 182 Å². The molecule has 0 spiro atoms. The van der Waals surface area contributed by atoms with Crippen LogP contribution in [0.2, 0.25) is 0 Å². The molecule has 5 aromatic rings. The number of rotatable bonds is 5. The minimum Gasteiger partial charge on any atom is -0.494 e. The topological polar surface area (TPSA) is 67.8 Å². The van der Waals surface area contributed by atoms with Gasteiger partial charge in [0.15, 0.2) is 5.76 Å². The van der Waals surface area contributed by atoms with Crippen molar-refractivity contribution in [1.29, 1.82) is 0 Å². The molecule has 0 aliphatic rings. The number of furan rings is 1. The monoisotopic (exact) mass is 428 g/mol. The SMILES string of the molecule is COc1ccccc1N=c1scc(-c2ccco2)n1N=Cc1c(C)[nH]c2ccccc12. The summed E-state index contributed by atoms with van der Waals surface area (Å²) >= 11 is 1.49. The molecule has 0 atom stereocenters. The van der Waals surface area contributed by atoms with Crippen molar-refractivity contribution in [3.63, 3.8) is 0 Å². The molecule has 0 fully saturated rings. The third-order valence-corrected chi connectivity index (χ3v) is 5.82. The number of aryl methyl sites for hydroxylation is 1. The first-order valence-electron chi connectivity index (χ1n) is 9.78. The minimum atomic E-state index is 0.707. The number of benzene rings is 2. The van der Waals surface area contributed by atoms with Gasteiger partial charge in [-0.1, -0.05) is 30.3 Å². The van der Waals surface area contributed by atoms with E-state index in [-0.39, 0.29) is 0 Å². The average molecular weight is 429 g/mol. The van der Waals surface area contributed by atoms with E-state index >= 15 is 0 Å². The Morgan fingerprint density at radius 1 is 1.06 bits per heavy atom. The highest BCUT2D eigenvalue weighted by atomic mass is 32.1. The van der Waals surface area contributed by atoms with Gasteiger partial charge >= 0.3 is 0 Å². The zero-order valence-corrected chi connectivity index (χ0v) is 17.9. The summed E-state index contributed by atoms with van der Waals surface area (Å²) in [7, 11) is 1.64. The maximum absolute atomic E-state index is 5.64. The van der Waals surface area contributed by atoms with E-state index in [1.165, 1.54) is 11.3 Å². The van der Waals surface area contributed by atoms with Gasteiger partial charge in [-0.2, -0.15) is 5.10 Å². The fourth-order valence-electron chi connectivity index (χ4n) is 3.49. The Morgan fingerprint density at radius 2 is 1.90 bits per heavy atom. The van der Waals surface area contributed by atoms with Crippen LogP contribution in [0.5, 0.6) is 5.75 Å². The first kappa shape index (κ1) is 19.1. The summed E-state index contributed by atoms with van der Waals surface area (Å²) in [5.41, 5.74) is 4.76. The summed E-state index contributed by atoms with van der Waals surface area (Å²) in [6.07, 6.45) is 3.52. The van der Waals surface area contributed by atoms with Gasteiger partial charge in [-0.15, -0.1) is 11.3 Å². The predicted molar refractivity (Wildman–Crippen MR) is 124 cm³/mol. The number of aromatic amines is 1. The van der Waals surface area contributed by atoms with Crippen LogP contribution in [0.4, 0.5) is 5.69 Å². The Kier molecular flexibility index (Phi) is 5.01. The van der Waals surface area contributed by atoms with Crippen LogP contribution in [-0.4, -0.2) is 23.0 Å². The highest BCUT2D eigenvalue weighted by Gasteiger charge is 2.12. The maximum Gasteiger partial charge on any atom is 0.211 e. The maximum atomic E-state index is 5.64. The molecule has 0 unspecified atom stereocenters. The lowest BCUT2D eigenvalue weighted by Crippen LogP contribution is -2.11. The molecule has 2 aromatic carbocycles. The molecule has 0 aliphatic carbocycles. The molecule has 3 aromatic heterocycles. The number of methoxy groups -OCH3 is 1. The predicted octanol–water partition coefficient (Wildman–Crippen LogP) is 5.72. The van der Waals surface area contributed by atoms with E-state index in [1.807, 2.05) is 67.0 Å². The molecule has 5 rings (SSSR count). The summed E-state index contributed by atoms with van der Waals surface area (Å²) < 4.78 is 12.9. The Balaban J connectivity index is 1.68. The van der Waals surface area contributed by atoms with Crippen molar-refractivity contribution in [2.45, 2.75) is 6.92 Å². The van der Waals surface area contributed by atoms with Gasteiger partial charge in [0.1, 0.15) is 17.1 Å². The molecule has 7 heteroatoms. The highest BCUT2D eigenvalue weighted by Crippen LogP contribution is 2.27. The van der Waals surface area contributed by atoms with Crippen LogP contribution < -0.4 is 9.54 Å². The number of para-hydroxylation sites is 3. The zero-order chi connectivity index (χ0) is 21.2. The molecule has 31 heavy (non-hydrogen) atoms. The van der Waals surface area contributed by atoms with Gasteiger partial charge in [0.2, 0.25) is 4.80 Å². The quantitative estimate of drug-likeness (QED) is 0.364. The lowest BCUT2D eigenvalue weighted by Gasteiger charge is -2.04. The molecule has 0 bridgehead atoms. The molecule has 0 radical (unpaired) electrons. The van der Waals surface area contributed by atoms with E-state index in [2.05, 4.69) is 17.1 Å². The normalized spacial score (nSPS) is 12.3. The van der Waals surface area contributed by atoms with Crippen molar-refractivity contribution in [2.75, 3.05) is 7.11 Å². The van der Waals surface area contributed by atoms with Crippen LogP contribution >= 0.6 is 11.3 Å². The van der Waals surface area contributed by atoms with E-state index in [0.717, 1.165) is 39.3 Å². The number of aromatic nitrogens is 2. The van der Waals surface area contributed by atoms with E-state index < -0.39 is 0 Å². The second kappa shape index (κ2) is 8.12. The van der Waals surface area contributed by atoms with Crippen molar-refractivity contribution in [1.82, 2.24) is 9.66 Å². The number of ether oxygens (including phenoxy) is 1. The molecular formula is C24H20N4O2S. The first-order valence-corrected chi connectivity index (χ1v) is 10.7. The summed E-state index contributed by atoms with van der Waals surface area (Å²) in [6, 6.07) is 19.6. The molecule has 3 heterocycles. The summed E-state index contributed by atoms with van der Waals surface area (Å²) in [4.78, 5) is 8.95. The van der Waals surface area contributed by atoms with Crippen molar-refractivity contribution in [3.8, 4) is 17.2 Å². The van der Waals surface area contributed by atoms with Gasteiger partial charge in [-0.05, 0) is 37.3 Å². The van der Waals surface area contributed by atoms with Crippen LogP contribution in [0.3, 0.4) is 0 Å². The molecule has 0 aliphatic heterocycles. The largest absolute Gasteiger partial charge is 0.494 e. The van der Waals surface area contributed by atoms with Crippen LogP contribution in [0.1, 0.15) is 11.3 Å². The Bertz CT molecular complexity index is 1440. The lowest BCUT2D eigenvalue weighted by molar-refractivity contribution is 0.416. The minimum absolute atomic E-state index is 0.707. The summed E-state index contributed by atoms with van der Waals surface area (Å²) in [6.45, 7) is 2.05. The molecule has 0 amide bonds. The molecular weight excluding hydrogens is 408 g/mol. The number of fused-ring (bicyclic) bond motifs is 1. The summed E-state index contributed by atoms with van der Waals surface area (Å²) in [5, 5.41) is 7.93. The van der Waals surface area contributed by atoms with Gasteiger partial charge in [-0.25, -0.2) is 9.67 Å². The lowest BCUT2D eigenvalue weighted by atomic mass is 10.1. The highest BCUT2D eigenvalue weighted by molar-refractivity contribution is 7.07. The Morgan fingerprint density at radius 3 is 2.74 bits per heavy atom. The zero-order valence-electron chi connectivity index (χ0n) is 17.1. The average Bonchev–Trinajstić information content (AvgIpc) is 3.51. The Hall–Kier alpha value is -3.84. The van der Waals surface area contributed by atoms with Crippen molar-refractivity contribution < 1.29 is 9.15 Å². The molecule has 6 nitrogen and oxygen atoms in total. The van der Waals surface area contributed by atoms with Gasteiger partial charge in [0.05, 0.1) is 19.6 Å². The van der Waals surface area contributed by atoms with Crippen LogP contribution in [0, 0.1) is 6.92 Å². The van der Waals surface area contributed by atoms with Crippen LogP contribution in [0.25, 0.3) is 22.4 Å². The van der Waals surface area contributed by atoms with Crippen LogP contribution in [0.15, 0.2) is 86.8 Å². The van der Waals surface area contributed by atoms with E-state index in [9.17, 15) is 0 Å². The molecule has 1 N–H and O–H groups in total. The molecule has 154 valence electrons. The van der Waals surface area contributed by atoms with Gasteiger partial charge in [-0.3, -0.25) is 0 Å². The van der Waals surface area contributed by atoms with Crippen molar-refractivity contribution in [2.24, 2.45) is 10.1 Å². The number of thiazole rings is 1. The third-order valence-electron chi connectivity index (χ3n) is 5.01. The number of nitrogens with zero attached hydrogens (tertiary/aromatic N) is 3. The number of nitrogens with one attached hydrogen (secondary N) is 1. The van der Waals surface area contributed by atoms with Gasteiger partial charge in [0, 0.05) is 27.5 Å². The standard InChI is InChI=1S/C24H20N4O2S/c1-16-18(17-8-3-4-9-19(17)26-16)14-25-28-21(23-12-7-13-30-23)15-31-24(28)27-20-10-5-6-11-22(20)29-2/h3-15,26H,1-2H3. The van der Waals surface area contributed by atoms with Gasteiger partial charge < -0.3 is 14.1 Å². The van der Waals surface area contributed by atoms with E-state index in [4.69, 9.17) is 19.2 Å². The fraction of sp³-hybridized carbons (Fsp3) is 0.0833. The number of H-pyrrole nitrogens is 1. The molecule has 0 saturated heterocycles. The van der Waals surface area contributed by atoms with E-state index in [0.29, 0.717) is 10.6 Å². The summed E-state index contributed by atoms with van der Waals surface area (Å²) in [5.74, 6) is 1.43. The fourth-order valence-corrected chi connectivity index (χ4v) is 4.32. The molecule has 0 saturated carbocycles. The second-order valence-electron chi connectivity index (χ2n) is 6.93. The van der Waals surface area contributed by atoms with E-state index in [1.54, 1.807) is 18.0 Å². The second-order valence-corrected chi connectivity index (χ2v) is 7.77. The van der Waals surface area contributed by atoms with Gasteiger partial charge in [0.25, 0.3) is 0 Å². The third kappa shape index (κ3) is 3.60.